The molecule has 4 saturated carbocycles. The first-order valence-corrected chi connectivity index (χ1v) is 23.1. The van der Waals surface area contributed by atoms with Crippen LogP contribution in [0.3, 0.4) is 0 Å². The first kappa shape index (κ1) is 42.9. The summed E-state index contributed by atoms with van der Waals surface area (Å²) in [6, 6.07) is 9.69. The molecule has 316 valence electrons. The Morgan fingerprint density at radius 1 is 0.895 bits per heavy atom. The normalized spacial score (nSPS) is 41.1. The van der Waals surface area contributed by atoms with Crippen molar-refractivity contribution in [3.8, 4) is 0 Å². The summed E-state index contributed by atoms with van der Waals surface area (Å²) in [5.41, 5.74) is 4.35. The molecule has 57 heavy (non-hydrogen) atoms. The van der Waals surface area contributed by atoms with Crippen molar-refractivity contribution in [2.24, 2.45) is 56.2 Å². The maximum atomic E-state index is 14.8. The van der Waals surface area contributed by atoms with Gasteiger partial charge in [-0.25, -0.2) is 4.39 Å². The molecule has 0 aliphatic heterocycles. The molecule has 1 aromatic carbocycles. The standard InChI is InChI=1S/C52H78FNO3/c1-11-51(56,12-2)32-33-54-52-29-20-39(36(3)4)43(52)48(9)26-23-42-46(7)24-21-40(45(5,6)41(46)22-25-47(42,8)49(48,10)30-31-52)38-18-27-50(35-53,28-19-38)44(55)57-34-37-16-14-13-15-17-37/h13-18,21,39,41-43,54,56H,3,11-12,19-20,22-35H2,1-2,4-10H3/t39-,41-,42+,43+,46-,47+,48+,49-,50-,52?/m0/s1. The van der Waals surface area contributed by atoms with Crippen molar-refractivity contribution in [2.75, 3.05) is 13.2 Å². The molecule has 6 aliphatic carbocycles. The number of carbonyl (C=O) groups excluding carboxylic acids is 1. The number of halogens is 1. The van der Waals surface area contributed by atoms with E-state index in [2.05, 4.69) is 86.4 Å². The summed E-state index contributed by atoms with van der Waals surface area (Å²) < 4.78 is 20.5. The van der Waals surface area contributed by atoms with Gasteiger partial charge in [-0.3, -0.25) is 4.79 Å². The Labute approximate surface area is 346 Å². The van der Waals surface area contributed by atoms with Crippen LogP contribution in [0, 0.1) is 56.2 Å². The molecule has 0 spiro atoms. The highest BCUT2D eigenvalue weighted by atomic mass is 19.1. The number of aliphatic hydroxyl groups is 1. The lowest BCUT2D eigenvalue weighted by Crippen LogP contribution is -2.71. The van der Waals surface area contributed by atoms with Gasteiger partial charge in [-0.1, -0.05) is 110 Å². The molecule has 7 rings (SSSR count). The second kappa shape index (κ2) is 15.0. The maximum Gasteiger partial charge on any atom is 0.315 e. The second-order valence-electron chi connectivity index (χ2n) is 22.0. The molecule has 1 unspecified atom stereocenters. The minimum Gasteiger partial charge on any atom is -0.460 e. The van der Waals surface area contributed by atoms with Gasteiger partial charge >= 0.3 is 5.97 Å². The Morgan fingerprint density at radius 3 is 2.21 bits per heavy atom. The first-order chi connectivity index (χ1) is 26.8. The average molecular weight is 784 g/mol. The van der Waals surface area contributed by atoms with Gasteiger partial charge in [-0.05, 0) is 177 Å². The summed E-state index contributed by atoms with van der Waals surface area (Å²) in [6.07, 6.45) is 19.9. The van der Waals surface area contributed by atoms with Gasteiger partial charge in [-0.2, -0.15) is 0 Å². The maximum absolute atomic E-state index is 14.8. The minimum atomic E-state index is -1.09. The minimum absolute atomic E-state index is 0.00754. The number of nitrogens with one attached hydrogen (secondary N) is 1. The van der Waals surface area contributed by atoms with E-state index < -0.39 is 23.7 Å². The molecule has 10 atom stereocenters. The summed E-state index contributed by atoms with van der Waals surface area (Å²) in [5.74, 6) is 1.90. The molecule has 0 saturated heterocycles. The van der Waals surface area contributed by atoms with Crippen molar-refractivity contribution in [1.82, 2.24) is 5.32 Å². The van der Waals surface area contributed by atoms with E-state index in [-0.39, 0.29) is 39.2 Å². The second-order valence-corrected chi connectivity index (χ2v) is 22.0. The van der Waals surface area contributed by atoms with Crippen LogP contribution in [0.5, 0.6) is 0 Å². The number of hydrogen-bond donors (Lipinski definition) is 2. The number of fused-ring (bicyclic) bond motifs is 7. The Balaban J connectivity index is 1.13. The van der Waals surface area contributed by atoms with E-state index in [9.17, 15) is 14.3 Å². The number of benzene rings is 1. The van der Waals surface area contributed by atoms with Crippen molar-refractivity contribution in [3.63, 3.8) is 0 Å². The van der Waals surface area contributed by atoms with E-state index in [0.29, 0.717) is 36.5 Å². The number of carbonyl (C=O) groups is 1. The molecule has 4 nitrogen and oxygen atoms in total. The monoisotopic (exact) mass is 784 g/mol. The van der Waals surface area contributed by atoms with Crippen LogP contribution in [0.2, 0.25) is 0 Å². The Morgan fingerprint density at radius 2 is 1.58 bits per heavy atom. The lowest BCUT2D eigenvalue weighted by atomic mass is 9.29. The van der Waals surface area contributed by atoms with Crippen LogP contribution in [0.25, 0.3) is 0 Å². The first-order valence-electron chi connectivity index (χ1n) is 23.1. The van der Waals surface area contributed by atoms with Gasteiger partial charge < -0.3 is 15.2 Å². The fraction of sp³-hybridized carbons (Fsp3) is 0.750. The summed E-state index contributed by atoms with van der Waals surface area (Å²) >= 11 is 0. The van der Waals surface area contributed by atoms with Crippen molar-refractivity contribution < 1.29 is 19.0 Å². The molecule has 1 aromatic rings. The fourth-order valence-corrected chi connectivity index (χ4v) is 15.7. The summed E-state index contributed by atoms with van der Waals surface area (Å²) in [5, 5.41) is 15.5. The average Bonchev–Trinajstić information content (AvgIpc) is 3.59. The summed E-state index contributed by atoms with van der Waals surface area (Å²) in [6.45, 7) is 27.4. The third kappa shape index (κ3) is 6.51. The van der Waals surface area contributed by atoms with Crippen LogP contribution in [-0.4, -0.2) is 35.4 Å². The molecule has 0 aromatic heterocycles. The zero-order valence-electron chi connectivity index (χ0n) is 37.4. The van der Waals surface area contributed by atoms with Gasteiger partial charge in [0.05, 0.1) is 11.0 Å². The Bertz CT molecular complexity index is 1740. The third-order valence-corrected chi connectivity index (χ3v) is 19.6. The highest BCUT2D eigenvalue weighted by molar-refractivity contribution is 5.78. The van der Waals surface area contributed by atoms with Gasteiger partial charge in [0, 0.05) is 5.54 Å². The summed E-state index contributed by atoms with van der Waals surface area (Å²) in [4.78, 5) is 13.4. The van der Waals surface area contributed by atoms with Gasteiger partial charge in [0.25, 0.3) is 0 Å². The van der Waals surface area contributed by atoms with E-state index in [0.717, 1.165) is 44.2 Å². The van der Waals surface area contributed by atoms with Crippen LogP contribution in [0.4, 0.5) is 4.39 Å². The van der Waals surface area contributed by atoms with Crippen molar-refractivity contribution >= 4 is 5.97 Å². The number of rotatable bonds is 12. The number of alkyl halides is 1. The lowest BCUT2D eigenvalue weighted by molar-refractivity contribution is -0.257. The number of allylic oxidation sites excluding steroid dienone is 5. The number of esters is 1. The van der Waals surface area contributed by atoms with Crippen LogP contribution in [0.15, 0.2) is 65.8 Å². The molecule has 0 radical (unpaired) electrons. The number of ether oxygens (including phenoxy) is 1. The smallest absolute Gasteiger partial charge is 0.315 e. The molecule has 4 fully saturated rings. The predicted octanol–water partition coefficient (Wildman–Crippen LogP) is 12.7. The van der Waals surface area contributed by atoms with E-state index in [1.807, 2.05) is 30.3 Å². The van der Waals surface area contributed by atoms with Crippen LogP contribution >= 0.6 is 0 Å². The van der Waals surface area contributed by atoms with Crippen molar-refractivity contribution in [3.05, 3.63) is 71.3 Å². The third-order valence-electron chi connectivity index (χ3n) is 19.6. The van der Waals surface area contributed by atoms with E-state index in [1.165, 1.54) is 68.1 Å². The Hall–Kier alpha value is -2.24. The van der Waals surface area contributed by atoms with Gasteiger partial charge in [0.15, 0.2) is 0 Å². The highest BCUT2D eigenvalue weighted by Crippen LogP contribution is 2.80. The van der Waals surface area contributed by atoms with E-state index in [1.54, 1.807) is 0 Å². The molecule has 5 heteroatoms. The quantitative estimate of drug-likeness (QED) is 0.164. The molecule has 6 aliphatic rings. The highest BCUT2D eigenvalue weighted by Gasteiger charge is 2.74. The van der Waals surface area contributed by atoms with E-state index >= 15 is 0 Å². The van der Waals surface area contributed by atoms with Crippen molar-refractivity contribution in [1.29, 1.82) is 0 Å². The van der Waals surface area contributed by atoms with Crippen molar-refractivity contribution in [2.45, 2.75) is 176 Å². The molecule has 0 bridgehead atoms. The molecule has 0 amide bonds. The number of hydrogen-bond acceptors (Lipinski definition) is 4. The molecular formula is C52H78FNO3. The molecular weight excluding hydrogens is 706 g/mol. The van der Waals surface area contributed by atoms with Crippen LogP contribution < -0.4 is 5.32 Å². The summed E-state index contributed by atoms with van der Waals surface area (Å²) in [7, 11) is 0. The van der Waals surface area contributed by atoms with Crippen LogP contribution in [-0.2, 0) is 16.1 Å². The van der Waals surface area contributed by atoms with E-state index in [4.69, 9.17) is 4.74 Å². The Kier molecular flexibility index (Phi) is 11.3. The molecule has 2 N–H and O–H groups in total. The van der Waals surface area contributed by atoms with Gasteiger partial charge in [-0.15, -0.1) is 0 Å². The zero-order chi connectivity index (χ0) is 41.3. The van der Waals surface area contributed by atoms with Gasteiger partial charge in [0.1, 0.15) is 13.3 Å². The lowest BCUT2D eigenvalue weighted by Gasteiger charge is -2.76. The fourth-order valence-electron chi connectivity index (χ4n) is 15.7. The largest absolute Gasteiger partial charge is 0.460 e. The molecule has 0 heterocycles. The predicted molar refractivity (Wildman–Crippen MR) is 232 cm³/mol. The van der Waals surface area contributed by atoms with Crippen LogP contribution in [0.1, 0.15) is 164 Å². The van der Waals surface area contributed by atoms with Gasteiger partial charge in [0.2, 0.25) is 0 Å². The zero-order valence-corrected chi connectivity index (χ0v) is 37.4. The topological polar surface area (TPSA) is 58.6 Å². The SMILES string of the molecule is C=C(C)[C@@H]1CCC2(NCCC(O)(CC)CC)CC[C@@]3(C)[C@]4(C)CC[C@H]5C(C)(C)C(C6=CC[C@](CF)(C(=O)OCc7ccccc7)CC6)=CC[C@]5(C)[C@H]4CC[C@]3(C)[C@@H]12.